The largest absolute Gasteiger partial charge is 0.444 e. The lowest BCUT2D eigenvalue weighted by atomic mass is 9.97. The first-order chi connectivity index (χ1) is 9.20. The quantitative estimate of drug-likeness (QED) is 0.809. The van der Waals surface area contributed by atoms with E-state index < -0.39 is 0 Å². The zero-order valence-corrected chi connectivity index (χ0v) is 13.5. The molecule has 0 unspecified atom stereocenters. The Kier molecular flexibility index (Phi) is 5.74. The Morgan fingerprint density at radius 2 is 2.00 bits per heavy atom. The summed E-state index contributed by atoms with van der Waals surface area (Å²) in [5, 5.41) is 2.91. The molecule has 1 amide bonds. The van der Waals surface area contributed by atoms with Gasteiger partial charge in [-0.1, -0.05) is 20.8 Å². The van der Waals surface area contributed by atoms with Gasteiger partial charge in [-0.05, 0) is 34.0 Å². The maximum Gasteiger partial charge on any atom is 0.227 e. The third-order valence-electron chi connectivity index (χ3n) is 2.96. The molecule has 1 aromatic rings. The van der Waals surface area contributed by atoms with E-state index in [1.165, 1.54) is 0 Å². The first kappa shape index (κ1) is 16.7. The lowest BCUT2D eigenvalue weighted by Crippen LogP contribution is -2.28. The highest BCUT2D eigenvalue weighted by Gasteiger charge is 2.23. The number of nitrogens with zero attached hydrogens (tertiary/aromatic N) is 2. The molecule has 1 heterocycles. The van der Waals surface area contributed by atoms with Crippen LogP contribution in [0.15, 0.2) is 4.42 Å². The second-order valence-electron chi connectivity index (χ2n) is 6.46. The Hall–Kier alpha value is -1.36. The molecule has 20 heavy (non-hydrogen) atoms. The Morgan fingerprint density at radius 3 is 2.50 bits per heavy atom. The predicted molar refractivity (Wildman–Crippen MR) is 79.8 cm³/mol. The normalized spacial score (nSPS) is 11.9. The maximum atomic E-state index is 11.9. The van der Waals surface area contributed by atoms with E-state index in [0.29, 0.717) is 18.2 Å². The van der Waals surface area contributed by atoms with Crippen molar-refractivity contribution in [1.82, 2.24) is 15.2 Å². The van der Waals surface area contributed by atoms with Gasteiger partial charge in [0, 0.05) is 12.0 Å². The first-order valence-electron chi connectivity index (χ1n) is 7.08. The van der Waals surface area contributed by atoms with Crippen molar-refractivity contribution in [3.05, 3.63) is 17.3 Å². The topological polar surface area (TPSA) is 58.4 Å². The number of amides is 1. The fourth-order valence-electron chi connectivity index (χ4n) is 1.74. The minimum atomic E-state index is -0.134. The van der Waals surface area contributed by atoms with Crippen LogP contribution in [0, 0.1) is 6.92 Å². The summed E-state index contributed by atoms with van der Waals surface area (Å²) in [6, 6.07) is 0. The van der Waals surface area contributed by atoms with Crippen molar-refractivity contribution < 1.29 is 9.21 Å². The number of hydrogen-bond donors (Lipinski definition) is 1. The van der Waals surface area contributed by atoms with E-state index in [2.05, 4.69) is 15.2 Å². The van der Waals surface area contributed by atoms with Crippen LogP contribution in [0.3, 0.4) is 0 Å². The molecule has 0 saturated carbocycles. The smallest absolute Gasteiger partial charge is 0.227 e. The van der Waals surface area contributed by atoms with E-state index in [-0.39, 0.29) is 17.7 Å². The van der Waals surface area contributed by atoms with Crippen molar-refractivity contribution in [2.75, 3.05) is 27.2 Å². The number of aromatic nitrogens is 1. The predicted octanol–water partition coefficient (Wildman–Crippen LogP) is 1.89. The van der Waals surface area contributed by atoms with Crippen LogP contribution in [0.4, 0.5) is 0 Å². The van der Waals surface area contributed by atoms with Crippen LogP contribution in [0.5, 0.6) is 0 Å². The van der Waals surface area contributed by atoms with Crippen LogP contribution in [-0.4, -0.2) is 43.0 Å². The summed E-state index contributed by atoms with van der Waals surface area (Å²) in [4.78, 5) is 18.4. The molecule has 0 bridgehead atoms. The van der Waals surface area contributed by atoms with Gasteiger partial charge >= 0.3 is 0 Å². The number of nitrogens with one attached hydrogen (secondary N) is 1. The molecule has 0 aliphatic heterocycles. The highest BCUT2D eigenvalue weighted by Crippen LogP contribution is 2.23. The lowest BCUT2D eigenvalue weighted by molar-refractivity contribution is -0.120. The van der Waals surface area contributed by atoms with Gasteiger partial charge in [-0.2, -0.15) is 0 Å². The lowest BCUT2D eigenvalue weighted by Gasteiger charge is -2.12. The van der Waals surface area contributed by atoms with Gasteiger partial charge in [0.05, 0.1) is 12.1 Å². The summed E-state index contributed by atoms with van der Waals surface area (Å²) in [6.45, 7) is 9.68. The molecular formula is C15H27N3O2. The Bertz CT molecular complexity index is 444. The monoisotopic (exact) mass is 281 g/mol. The molecule has 0 saturated heterocycles. The minimum Gasteiger partial charge on any atom is -0.444 e. The molecule has 0 fully saturated rings. The van der Waals surface area contributed by atoms with Gasteiger partial charge in [0.1, 0.15) is 5.76 Å². The van der Waals surface area contributed by atoms with Crippen LogP contribution in [-0.2, 0) is 16.6 Å². The van der Waals surface area contributed by atoms with Crippen molar-refractivity contribution >= 4 is 5.91 Å². The summed E-state index contributed by atoms with van der Waals surface area (Å²) < 4.78 is 5.71. The van der Waals surface area contributed by atoms with E-state index in [0.717, 1.165) is 18.7 Å². The molecule has 0 atom stereocenters. The van der Waals surface area contributed by atoms with Gasteiger partial charge < -0.3 is 14.6 Å². The molecule has 1 aromatic heterocycles. The SMILES string of the molecule is Cc1nc(C(C)(C)C)oc1CC(=O)NCCCN(C)C. The van der Waals surface area contributed by atoms with Gasteiger partial charge in [0.15, 0.2) is 5.89 Å². The highest BCUT2D eigenvalue weighted by atomic mass is 16.4. The van der Waals surface area contributed by atoms with Crippen LogP contribution < -0.4 is 5.32 Å². The number of carbonyl (C=O) groups is 1. The summed E-state index contributed by atoms with van der Waals surface area (Å²) >= 11 is 0. The minimum absolute atomic E-state index is 0.0107. The number of aryl methyl sites for hydroxylation is 1. The average Bonchev–Trinajstić information content (AvgIpc) is 2.66. The molecule has 114 valence electrons. The van der Waals surface area contributed by atoms with Gasteiger partial charge in [-0.25, -0.2) is 4.98 Å². The molecule has 5 heteroatoms. The van der Waals surface area contributed by atoms with Gasteiger partial charge in [0.2, 0.25) is 5.91 Å². The molecule has 1 N–H and O–H groups in total. The summed E-state index contributed by atoms with van der Waals surface area (Å²) in [5.74, 6) is 1.34. The van der Waals surface area contributed by atoms with Crippen LogP contribution in [0.1, 0.15) is 44.5 Å². The van der Waals surface area contributed by atoms with Crippen molar-refractivity contribution in [2.24, 2.45) is 0 Å². The van der Waals surface area contributed by atoms with Gasteiger partial charge in [0.25, 0.3) is 0 Å². The van der Waals surface area contributed by atoms with E-state index in [1.54, 1.807) is 0 Å². The highest BCUT2D eigenvalue weighted by molar-refractivity contribution is 5.78. The zero-order chi connectivity index (χ0) is 15.3. The Balaban J connectivity index is 2.48. The van der Waals surface area contributed by atoms with E-state index in [1.807, 2.05) is 41.8 Å². The van der Waals surface area contributed by atoms with Crippen LogP contribution in [0.2, 0.25) is 0 Å². The molecule has 0 spiro atoms. The second kappa shape index (κ2) is 6.88. The summed E-state index contributed by atoms with van der Waals surface area (Å²) in [6.07, 6.45) is 1.21. The number of oxazole rings is 1. The van der Waals surface area contributed by atoms with Gasteiger partial charge in [-0.3, -0.25) is 4.79 Å². The van der Waals surface area contributed by atoms with Crippen molar-refractivity contribution in [1.29, 1.82) is 0 Å². The second-order valence-corrected chi connectivity index (χ2v) is 6.46. The fraction of sp³-hybridized carbons (Fsp3) is 0.733. The van der Waals surface area contributed by atoms with Gasteiger partial charge in [-0.15, -0.1) is 0 Å². The standard InChI is InChI=1S/C15H27N3O2/c1-11-12(20-14(17-11)15(2,3)4)10-13(19)16-8-7-9-18(5)6/h7-10H2,1-6H3,(H,16,19). The Labute approximate surface area is 121 Å². The number of hydrogen-bond acceptors (Lipinski definition) is 4. The molecule has 1 rings (SSSR count). The van der Waals surface area contributed by atoms with E-state index in [4.69, 9.17) is 4.42 Å². The van der Waals surface area contributed by atoms with Crippen LogP contribution in [0.25, 0.3) is 0 Å². The molecule has 0 aromatic carbocycles. The van der Waals surface area contributed by atoms with Crippen molar-refractivity contribution in [2.45, 2.75) is 46.0 Å². The summed E-state index contributed by atoms with van der Waals surface area (Å²) in [7, 11) is 4.04. The van der Waals surface area contributed by atoms with Crippen LogP contribution >= 0.6 is 0 Å². The molecule has 0 aliphatic carbocycles. The number of carbonyl (C=O) groups excluding carboxylic acids is 1. The molecule has 5 nitrogen and oxygen atoms in total. The van der Waals surface area contributed by atoms with E-state index >= 15 is 0 Å². The van der Waals surface area contributed by atoms with Crippen molar-refractivity contribution in [3.63, 3.8) is 0 Å². The molecular weight excluding hydrogens is 254 g/mol. The maximum absolute atomic E-state index is 11.9. The third kappa shape index (κ3) is 5.33. The summed E-state index contributed by atoms with van der Waals surface area (Å²) in [5.41, 5.74) is 0.670. The third-order valence-corrected chi connectivity index (χ3v) is 2.96. The number of rotatable bonds is 6. The molecule has 0 radical (unpaired) electrons. The van der Waals surface area contributed by atoms with E-state index in [9.17, 15) is 4.79 Å². The molecule has 0 aliphatic rings. The first-order valence-corrected chi connectivity index (χ1v) is 7.08. The zero-order valence-electron chi connectivity index (χ0n) is 13.5. The van der Waals surface area contributed by atoms with Crippen molar-refractivity contribution in [3.8, 4) is 0 Å². The average molecular weight is 281 g/mol. The fourth-order valence-corrected chi connectivity index (χ4v) is 1.74. The Morgan fingerprint density at radius 1 is 1.35 bits per heavy atom.